The number of pyridine rings is 2. The van der Waals surface area contributed by atoms with E-state index in [-0.39, 0.29) is 34.0 Å². The van der Waals surface area contributed by atoms with Gasteiger partial charge in [-0.05, 0) is 30.4 Å². The first-order valence-electron chi connectivity index (χ1n) is 10.4. The minimum Gasteiger partial charge on any atom is -1.00 e. The molecule has 0 bridgehead atoms. The number of aromatic nitrogens is 2. The van der Waals surface area contributed by atoms with Crippen LogP contribution in [0.4, 0.5) is 0 Å². The van der Waals surface area contributed by atoms with Gasteiger partial charge in [-0.1, -0.05) is 60.7 Å². The second kappa shape index (κ2) is 13.2. The van der Waals surface area contributed by atoms with Crippen molar-refractivity contribution in [3.05, 3.63) is 132 Å². The molecule has 4 rings (SSSR count). The van der Waals surface area contributed by atoms with Gasteiger partial charge in [-0.25, -0.2) is 9.13 Å². The lowest BCUT2D eigenvalue weighted by molar-refractivity contribution is -0.688. The van der Waals surface area contributed by atoms with Crippen LogP contribution in [0, 0.1) is 0 Å². The van der Waals surface area contributed by atoms with Crippen molar-refractivity contribution < 1.29 is 43.1 Å². The molecule has 0 N–H and O–H groups in total. The van der Waals surface area contributed by atoms with E-state index in [1.807, 2.05) is 0 Å². The van der Waals surface area contributed by atoms with Gasteiger partial charge in [-0.15, -0.1) is 0 Å². The van der Waals surface area contributed by atoms with E-state index in [0.29, 0.717) is 0 Å². The molecule has 0 aliphatic carbocycles. The van der Waals surface area contributed by atoms with Gasteiger partial charge in [0.2, 0.25) is 0 Å². The summed E-state index contributed by atoms with van der Waals surface area (Å²) in [6.45, 7) is 1.85. The molecule has 0 fully saturated rings. The predicted molar refractivity (Wildman–Crippen MR) is 116 cm³/mol. The van der Waals surface area contributed by atoms with Crippen LogP contribution < -0.4 is 43.1 Å². The molecule has 0 atom stereocenters. The molecule has 0 amide bonds. The Balaban J connectivity index is 0.00000171. The minimum atomic E-state index is 0. The van der Waals surface area contributed by atoms with Gasteiger partial charge in [0.1, 0.15) is 0 Å². The van der Waals surface area contributed by atoms with Crippen molar-refractivity contribution >= 4 is 0 Å². The van der Waals surface area contributed by atoms with E-state index in [2.05, 4.69) is 119 Å². The normalized spacial score (nSPS) is 10.1. The average Bonchev–Trinajstić information content (AvgIpc) is 2.78. The molecule has 0 unspecified atom stereocenters. The molecule has 0 aliphatic heterocycles. The third kappa shape index (κ3) is 8.04. The summed E-state index contributed by atoms with van der Waals surface area (Å²) in [5.74, 6) is 0. The van der Waals surface area contributed by atoms with Crippen LogP contribution in [0.25, 0.3) is 0 Å². The number of nitrogens with zero attached hydrogens (tertiary/aromatic N) is 2. The maximum absolute atomic E-state index is 2.25. The molecule has 0 radical (unpaired) electrons. The SMILES string of the molecule is [Br-].[Br-].c1ccc(C[n+]2ccc(CCCc3cc[n+](Cc4ccccc4)cc3)cc2)cc1. The topological polar surface area (TPSA) is 7.76 Å². The molecule has 160 valence electrons. The van der Waals surface area contributed by atoms with Crippen molar-refractivity contribution in [3.8, 4) is 0 Å². The summed E-state index contributed by atoms with van der Waals surface area (Å²) < 4.78 is 4.48. The second-order valence-corrected chi connectivity index (χ2v) is 7.58. The molecule has 0 saturated carbocycles. The number of benzene rings is 2. The van der Waals surface area contributed by atoms with Crippen LogP contribution in [-0.4, -0.2) is 0 Å². The van der Waals surface area contributed by atoms with Gasteiger partial charge in [0.15, 0.2) is 37.9 Å². The summed E-state index contributed by atoms with van der Waals surface area (Å²) in [6.07, 6.45) is 12.2. The number of hydrogen-bond acceptors (Lipinski definition) is 0. The first-order valence-corrected chi connectivity index (χ1v) is 10.4. The van der Waals surface area contributed by atoms with Crippen LogP contribution in [0.3, 0.4) is 0 Å². The summed E-state index contributed by atoms with van der Waals surface area (Å²) in [5.41, 5.74) is 5.48. The lowest BCUT2D eigenvalue weighted by Crippen LogP contribution is -3.00. The Kier molecular flexibility index (Phi) is 10.6. The van der Waals surface area contributed by atoms with Gasteiger partial charge in [0.05, 0.1) is 0 Å². The highest BCUT2D eigenvalue weighted by atomic mass is 79.9. The first kappa shape index (κ1) is 25.0. The van der Waals surface area contributed by atoms with Crippen LogP contribution >= 0.6 is 0 Å². The van der Waals surface area contributed by atoms with E-state index in [1.165, 1.54) is 28.7 Å². The van der Waals surface area contributed by atoms with E-state index in [1.54, 1.807) is 0 Å². The maximum atomic E-state index is 2.25. The second-order valence-electron chi connectivity index (χ2n) is 7.58. The fourth-order valence-electron chi connectivity index (χ4n) is 3.61. The van der Waals surface area contributed by atoms with Gasteiger partial charge in [-0.2, -0.15) is 0 Å². The summed E-state index contributed by atoms with van der Waals surface area (Å²) in [6, 6.07) is 30.2. The molecule has 4 heteroatoms. The van der Waals surface area contributed by atoms with Gasteiger partial charge in [0, 0.05) is 35.4 Å². The van der Waals surface area contributed by atoms with Crippen molar-refractivity contribution in [2.24, 2.45) is 0 Å². The van der Waals surface area contributed by atoms with Crippen molar-refractivity contribution in [3.63, 3.8) is 0 Å². The van der Waals surface area contributed by atoms with E-state index in [9.17, 15) is 0 Å². The highest BCUT2D eigenvalue weighted by Gasteiger charge is 2.05. The van der Waals surface area contributed by atoms with E-state index >= 15 is 0 Å². The van der Waals surface area contributed by atoms with E-state index < -0.39 is 0 Å². The van der Waals surface area contributed by atoms with Crippen molar-refractivity contribution in [2.75, 3.05) is 0 Å². The van der Waals surface area contributed by atoms with Gasteiger partial charge < -0.3 is 34.0 Å². The standard InChI is InChI=1S/C27H28N2.2BrH/c1-3-8-26(9-4-1)22-28-18-14-24(15-19-28)12-7-13-25-16-20-29(21-17-25)23-27-10-5-2-6-11-27;;/h1-6,8-11,14-21H,7,12-13,22-23H2;2*1H/q+2;;/p-2. The molecular weight excluding hydrogens is 512 g/mol. The summed E-state index contributed by atoms with van der Waals surface area (Å²) in [4.78, 5) is 0. The predicted octanol–water partition coefficient (Wildman–Crippen LogP) is -1.46. The monoisotopic (exact) mass is 538 g/mol. The van der Waals surface area contributed by atoms with Gasteiger partial charge >= 0.3 is 0 Å². The molecular formula is C27H28Br2N2. The summed E-state index contributed by atoms with van der Waals surface area (Å²) >= 11 is 0. The average molecular weight is 540 g/mol. The Morgan fingerprint density at radius 1 is 0.419 bits per heavy atom. The Morgan fingerprint density at radius 2 is 0.774 bits per heavy atom. The maximum Gasteiger partial charge on any atom is 0.173 e. The van der Waals surface area contributed by atoms with Gasteiger partial charge in [0.25, 0.3) is 0 Å². The zero-order valence-corrected chi connectivity index (χ0v) is 20.8. The minimum absolute atomic E-state index is 0. The molecule has 31 heavy (non-hydrogen) atoms. The zero-order valence-electron chi connectivity index (χ0n) is 17.6. The third-order valence-corrected chi connectivity index (χ3v) is 5.27. The molecule has 0 spiro atoms. The molecule has 0 saturated heterocycles. The smallest absolute Gasteiger partial charge is 0.173 e. The van der Waals surface area contributed by atoms with Crippen LogP contribution in [0.2, 0.25) is 0 Å². The molecule has 2 aromatic heterocycles. The van der Waals surface area contributed by atoms with Crippen LogP contribution in [0.1, 0.15) is 28.7 Å². The fourth-order valence-corrected chi connectivity index (χ4v) is 3.61. The Bertz CT molecular complexity index is 918. The Hall–Kier alpha value is -2.30. The Morgan fingerprint density at radius 3 is 1.13 bits per heavy atom. The number of aryl methyl sites for hydroxylation is 2. The number of halogens is 2. The quantitative estimate of drug-likeness (QED) is 0.242. The molecule has 4 aromatic rings. The zero-order chi connectivity index (χ0) is 19.7. The largest absolute Gasteiger partial charge is 1.00 e. The van der Waals surface area contributed by atoms with Gasteiger partial charge in [-0.3, -0.25) is 0 Å². The lowest BCUT2D eigenvalue weighted by atomic mass is 10.1. The highest BCUT2D eigenvalue weighted by Crippen LogP contribution is 2.07. The van der Waals surface area contributed by atoms with Crippen molar-refractivity contribution in [1.29, 1.82) is 0 Å². The van der Waals surface area contributed by atoms with Crippen LogP contribution in [0.5, 0.6) is 0 Å². The number of rotatable bonds is 8. The van der Waals surface area contributed by atoms with E-state index in [4.69, 9.17) is 0 Å². The van der Waals surface area contributed by atoms with Crippen molar-refractivity contribution in [1.82, 2.24) is 0 Å². The van der Waals surface area contributed by atoms with Crippen LogP contribution in [0.15, 0.2) is 110 Å². The Labute approximate surface area is 206 Å². The molecule has 2 heterocycles. The molecule has 2 aromatic carbocycles. The first-order chi connectivity index (χ1) is 14.3. The summed E-state index contributed by atoms with van der Waals surface area (Å²) in [7, 11) is 0. The molecule has 2 nitrogen and oxygen atoms in total. The van der Waals surface area contributed by atoms with Crippen LogP contribution in [-0.2, 0) is 25.9 Å². The number of hydrogen-bond donors (Lipinski definition) is 0. The van der Waals surface area contributed by atoms with Crippen molar-refractivity contribution in [2.45, 2.75) is 32.4 Å². The third-order valence-electron chi connectivity index (χ3n) is 5.27. The lowest BCUT2D eigenvalue weighted by Gasteiger charge is -2.03. The highest BCUT2D eigenvalue weighted by molar-refractivity contribution is 5.15. The fraction of sp³-hybridized carbons (Fsp3) is 0.185. The molecule has 0 aliphatic rings. The van der Waals surface area contributed by atoms with E-state index in [0.717, 1.165) is 25.9 Å². The summed E-state index contributed by atoms with van der Waals surface area (Å²) in [5, 5.41) is 0.